The van der Waals surface area contributed by atoms with Gasteiger partial charge in [-0.25, -0.2) is 8.78 Å². The Morgan fingerprint density at radius 3 is 2.26 bits per heavy atom. The third-order valence-corrected chi connectivity index (χ3v) is 3.31. The molecule has 1 aromatic heterocycles. The van der Waals surface area contributed by atoms with Crippen LogP contribution in [0.4, 0.5) is 8.78 Å². The molecular formula is C14H10BrF2NO. The van der Waals surface area contributed by atoms with Crippen molar-refractivity contribution in [3.63, 3.8) is 0 Å². The Morgan fingerprint density at radius 2 is 1.74 bits per heavy atom. The predicted octanol–water partition coefficient (Wildman–Crippen LogP) is 4.11. The van der Waals surface area contributed by atoms with Gasteiger partial charge in [-0.2, -0.15) is 0 Å². The summed E-state index contributed by atoms with van der Waals surface area (Å²) in [4.78, 5) is 16.0. The lowest BCUT2D eigenvalue weighted by Gasteiger charge is -2.12. The molecule has 2 aromatic rings. The molecule has 0 spiro atoms. The number of Topliss-reactive ketones (excluding diaryl/α,β-unsaturated/α-hetero) is 1. The van der Waals surface area contributed by atoms with Gasteiger partial charge in [0.2, 0.25) is 0 Å². The predicted molar refractivity (Wildman–Crippen MR) is 71.0 cm³/mol. The first-order valence-corrected chi connectivity index (χ1v) is 6.38. The number of ketones is 1. The minimum Gasteiger partial charge on any atom is -0.293 e. The monoisotopic (exact) mass is 325 g/mol. The van der Waals surface area contributed by atoms with Gasteiger partial charge < -0.3 is 0 Å². The van der Waals surface area contributed by atoms with Crippen LogP contribution in [0.15, 0.2) is 41.1 Å². The van der Waals surface area contributed by atoms with Crippen LogP contribution < -0.4 is 0 Å². The SMILES string of the molecule is CC(C(=O)c1c(F)cc(Br)cc1F)c1ccncc1. The molecule has 0 aliphatic carbocycles. The van der Waals surface area contributed by atoms with E-state index in [0.29, 0.717) is 5.56 Å². The molecule has 0 radical (unpaired) electrons. The third-order valence-electron chi connectivity index (χ3n) is 2.85. The van der Waals surface area contributed by atoms with Crippen molar-refractivity contribution in [2.24, 2.45) is 0 Å². The first-order chi connectivity index (χ1) is 9.00. The summed E-state index contributed by atoms with van der Waals surface area (Å²) < 4.78 is 27.7. The van der Waals surface area contributed by atoms with Gasteiger partial charge in [0.15, 0.2) is 5.78 Å². The minimum absolute atomic E-state index is 0.260. The molecule has 2 nitrogen and oxygen atoms in total. The maximum absolute atomic E-state index is 13.7. The maximum atomic E-state index is 13.7. The van der Waals surface area contributed by atoms with Crippen LogP contribution in [0.5, 0.6) is 0 Å². The highest BCUT2D eigenvalue weighted by molar-refractivity contribution is 9.10. The number of benzene rings is 1. The largest absolute Gasteiger partial charge is 0.293 e. The first-order valence-electron chi connectivity index (χ1n) is 5.59. The number of carbonyl (C=O) groups excluding carboxylic acids is 1. The third kappa shape index (κ3) is 2.87. The van der Waals surface area contributed by atoms with E-state index in [4.69, 9.17) is 0 Å². The van der Waals surface area contributed by atoms with E-state index in [-0.39, 0.29) is 4.47 Å². The zero-order chi connectivity index (χ0) is 14.0. The summed E-state index contributed by atoms with van der Waals surface area (Å²) in [6.45, 7) is 1.61. The molecule has 0 bridgehead atoms. The van der Waals surface area contributed by atoms with E-state index in [1.807, 2.05) is 0 Å². The molecule has 19 heavy (non-hydrogen) atoms. The van der Waals surface area contributed by atoms with Crippen molar-refractivity contribution >= 4 is 21.7 Å². The van der Waals surface area contributed by atoms with Crippen LogP contribution in [-0.4, -0.2) is 10.8 Å². The van der Waals surface area contributed by atoms with Crippen molar-refractivity contribution in [3.8, 4) is 0 Å². The van der Waals surface area contributed by atoms with E-state index in [1.165, 1.54) is 12.4 Å². The summed E-state index contributed by atoms with van der Waals surface area (Å²) in [5, 5.41) is 0. The van der Waals surface area contributed by atoms with Gasteiger partial charge in [0, 0.05) is 22.8 Å². The molecule has 2 rings (SSSR count). The van der Waals surface area contributed by atoms with E-state index >= 15 is 0 Å². The zero-order valence-corrected chi connectivity index (χ0v) is 11.6. The lowest BCUT2D eigenvalue weighted by atomic mass is 9.92. The molecule has 5 heteroatoms. The first kappa shape index (κ1) is 13.8. The number of carbonyl (C=O) groups is 1. The van der Waals surface area contributed by atoms with Gasteiger partial charge in [-0.05, 0) is 29.8 Å². The summed E-state index contributed by atoms with van der Waals surface area (Å²) in [5.41, 5.74) is 0.161. The van der Waals surface area contributed by atoms with Gasteiger partial charge in [0.1, 0.15) is 11.6 Å². The molecule has 0 N–H and O–H groups in total. The molecule has 0 amide bonds. The number of aromatic nitrogens is 1. The molecule has 1 heterocycles. The number of hydrogen-bond donors (Lipinski definition) is 0. The van der Waals surface area contributed by atoms with E-state index < -0.39 is 28.9 Å². The maximum Gasteiger partial charge on any atom is 0.175 e. The van der Waals surface area contributed by atoms with Crippen molar-refractivity contribution < 1.29 is 13.6 Å². The topological polar surface area (TPSA) is 30.0 Å². The smallest absolute Gasteiger partial charge is 0.175 e. The summed E-state index contributed by atoms with van der Waals surface area (Å²) in [6.07, 6.45) is 3.07. The molecule has 98 valence electrons. The summed E-state index contributed by atoms with van der Waals surface area (Å²) in [6, 6.07) is 5.46. The number of pyridine rings is 1. The molecular weight excluding hydrogens is 316 g/mol. The van der Waals surface area contributed by atoms with E-state index in [9.17, 15) is 13.6 Å². The van der Waals surface area contributed by atoms with Gasteiger partial charge in [-0.1, -0.05) is 22.9 Å². The molecule has 1 atom stereocenters. The lowest BCUT2D eigenvalue weighted by Crippen LogP contribution is -2.14. The van der Waals surface area contributed by atoms with Gasteiger partial charge in [-0.3, -0.25) is 9.78 Å². The van der Waals surface area contributed by atoms with Crippen LogP contribution in [0.3, 0.4) is 0 Å². The van der Waals surface area contributed by atoms with Crippen molar-refractivity contribution in [3.05, 3.63) is 63.9 Å². The Bertz CT molecular complexity index is 593. The highest BCUT2D eigenvalue weighted by atomic mass is 79.9. The lowest BCUT2D eigenvalue weighted by molar-refractivity contribution is 0.0957. The Hall–Kier alpha value is -1.62. The molecule has 1 unspecified atom stereocenters. The fraction of sp³-hybridized carbons (Fsp3) is 0.143. The van der Waals surface area contributed by atoms with Crippen LogP contribution in [0.1, 0.15) is 28.8 Å². The molecule has 0 aliphatic rings. The van der Waals surface area contributed by atoms with Crippen LogP contribution in [0, 0.1) is 11.6 Å². The molecule has 0 aliphatic heterocycles. The van der Waals surface area contributed by atoms with Crippen molar-refractivity contribution in [2.75, 3.05) is 0 Å². The second-order valence-electron chi connectivity index (χ2n) is 4.11. The average molecular weight is 326 g/mol. The Balaban J connectivity index is 2.40. The average Bonchev–Trinajstić information content (AvgIpc) is 2.37. The van der Waals surface area contributed by atoms with Gasteiger partial charge in [-0.15, -0.1) is 0 Å². The van der Waals surface area contributed by atoms with Gasteiger partial charge in [0.05, 0.1) is 5.56 Å². The number of nitrogens with zero attached hydrogens (tertiary/aromatic N) is 1. The van der Waals surface area contributed by atoms with Crippen LogP contribution >= 0.6 is 15.9 Å². The van der Waals surface area contributed by atoms with E-state index in [0.717, 1.165) is 12.1 Å². The Kier molecular flexibility index (Phi) is 4.04. The normalized spacial score (nSPS) is 12.2. The number of halogens is 3. The summed E-state index contributed by atoms with van der Waals surface area (Å²) in [7, 11) is 0. The molecule has 1 aromatic carbocycles. The Labute approximate surface area is 117 Å². The van der Waals surface area contributed by atoms with Gasteiger partial charge in [0.25, 0.3) is 0 Å². The van der Waals surface area contributed by atoms with Gasteiger partial charge >= 0.3 is 0 Å². The van der Waals surface area contributed by atoms with E-state index in [1.54, 1.807) is 19.1 Å². The van der Waals surface area contributed by atoms with Crippen molar-refractivity contribution in [1.82, 2.24) is 4.98 Å². The summed E-state index contributed by atoms with van der Waals surface area (Å²) in [5.74, 6) is -2.95. The zero-order valence-electron chi connectivity index (χ0n) is 10.0. The standard InChI is InChI=1S/C14H10BrF2NO/c1-8(9-2-4-18-5-3-9)14(19)13-11(16)6-10(15)7-12(13)17/h2-8H,1H3. The fourth-order valence-corrected chi connectivity index (χ4v) is 2.20. The van der Waals surface area contributed by atoms with Crippen LogP contribution in [0.25, 0.3) is 0 Å². The summed E-state index contributed by atoms with van der Waals surface area (Å²) >= 11 is 2.98. The fourth-order valence-electron chi connectivity index (χ4n) is 1.80. The number of rotatable bonds is 3. The molecule has 0 saturated heterocycles. The molecule has 0 saturated carbocycles. The van der Waals surface area contributed by atoms with Crippen LogP contribution in [0.2, 0.25) is 0 Å². The quantitative estimate of drug-likeness (QED) is 0.795. The van der Waals surface area contributed by atoms with Crippen molar-refractivity contribution in [2.45, 2.75) is 12.8 Å². The highest BCUT2D eigenvalue weighted by Gasteiger charge is 2.24. The van der Waals surface area contributed by atoms with Crippen molar-refractivity contribution in [1.29, 1.82) is 0 Å². The minimum atomic E-state index is -0.863. The highest BCUT2D eigenvalue weighted by Crippen LogP contribution is 2.26. The molecule has 0 fully saturated rings. The van der Waals surface area contributed by atoms with E-state index in [2.05, 4.69) is 20.9 Å². The van der Waals surface area contributed by atoms with Crippen LogP contribution in [-0.2, 0) is 0 Å². The Morgan fingerprint density at radius 1 is 1.21 bits per heavy atom. The second-order valence-corrected chi connectivity index (χ2v) is 5.03. The number of hydrogen-bond acceptors (Lipinski definition) is 2. The second kappa shape index (κ2) is 5.57.